The van der Waals surface area contributed by atoms with Crippen LogP contribution >= 0.6 is 0 Å². The molecule has 0 atom stereocenters. The van der Waals surface area contributed by atoms with Crippen LogP contribution in [0.2, 0.25) is 0 Å². The van der Waals surface area contributed by atoms with E-state index in [1.165, 1.54) is 39.5 Å². The molecule has 0 aromatic heterocycles. The molecule has 0 unspecified atom stereocenters. The van der Waals surface area contributed by atoms with Crippen LogP contribution in [0.15, 0.2) is 60.2 Å². The smallest absolute Gasteiger partial charge is 0.343 e. The van der Waals surface area contributed by atoms with Gasteiger partial charge < -0.3 is 24.3 Å². The van der Waals surface area contributed by atoms with Gasteiger partial charge in [0.15, 0.2) is 23.0 Å². The fraction of sp³-hybridized carbons (Fsp3) is 0.179. The predicted octanol–water partition coefficient (Wildman–Crippen LogP) is 5.09. The lowest BCUT2D eigenvalue weighted by molar-refractivity contribution is -0.112. The Kier molecular flexibility index (Phi) is 8.31. The number of carbonyl (C=O) groups excluding carboxylic acids is 2. The molecular formula is C28H26N2O6. The number of carbonyl (C=O) groups is 2. The lowest BCUT2D eigenvalue weighted by Crippen LogP contribution is -2.15. The summed E-state index contributed by atoms with van der Waals surface area (Å²) in [6.07, 6.45) is 1.44. The van der Waals surface area contributed by atoms with Gasteiger partial charge in [0.05, 0.1) is 26.9 Å². The Hall–Kier alpha value is -4.77. The third kappa shape index (κ3) is 5.83. The van der Waals surface area contributed by atoms with E-state index in [4.69, 9.17) is 18.9 Å². The quantitative estimate of drug-likeness (QED) is 0.204. The van der Waals surface area contributed by atoms with Crippen LogP contribution in [0.3, 0.4) is 0 Å². The Labute approximate surface area is 209 Å². The van der Waals surface area contributed by atoms with E-state index in [-0.39, 0.29) is 22.6 Å². The molecule has 36 heavy (non-hydrogen) atoms. The minimum absolute atomic E-state index is 0.0882. The number of hydrogen-bond acceptors (Lipinski definition) is 7. The molecule has 0 fully saturated rings. The molecule has 8 heteroatoms. The van der Waals surface area contributed by atoms with Gasteiger partial charge in [0, 0.05) is 5.69 Å². The van der Waals surface area contributed by atoms with E-state index in [1.807, 2.05) is 38.1 Å². The van der Waals surface area contributed by atoms with Gasteiger partial charge in [0.1, 0.15) is 11.6 Å². The number of esters is 1. The minimum atomic E-state index is -0.622. The fourth-order valence-corrected chi connectivity index (χ4v) is 3.49. The predicted molar refractivity (Wildman–Crippen MR) is 136 cm³/mol. The summed E-state index contributed by atoms with van der Waals surface area (Å²) in [5.74, 6) is 0.152. The van der Waals surface area contributed by atoms with Crippen LogP contribution in [0.25, 0.3) is 6.08 Å². The third-order valence-corrected chi connectivity index (χ3v) is 5.41. The summed E-state index contributed by atoms with van der Waals surface area (Å²) in [5, 5.41) is 12.4. The summed E-state index contributed by atoms with van der Waals surface area (Å²) in [5.41, 5.74) is 3.14. The summed E-state index contributed by atoms with van der Waals surface area (Å²) in [4.78, 5) is 25.4. The minimum Gasteiger partial charge on any atom is -0.493 e. The molecule has 1 N–H and O–H groups in total. The molecule has 1 amide bonds. The second kappa shape index (κ2) is 11.6. The summed E-state index contributed by atoms with van der Waals surface area (Å²) < 4.78 is 21.3. The van der Waals surface area contributed by atoms with Crippen LogP contribution in [0, 0.1) is 25.2 Å². The highest BCUT2D eigenvalue weighted by Crippen LogP contribution is 2.32. The van der Waals surface area contributed by atoms with Crippen molar-refractivity contribution in [2.24, 2.45) is 0 Å². The molecule has 0 radical (unpaired) electrons. The zero-order valence-electron chi connectivity index (χ0n) is 20.7. The molecule has 0 aliphatic carbocycles. The molecule has 0 aliphatic heterocycles. The highest BCUT2D eigenvalue weighted by molar-refractivity contribution is 6.10. The largest absolute Gasteiger partial charge is 0.493 e. The first-order chi connectivity index (χ1) is 17.3. The highest BCUT2D eigenvalue weighted by atomic mass is 16.6. The molecule has 184 valence electrons. The summed E-state index contributed by atoms with van der Waals surface area (Å²) >= 11 is 0. The summed E-state index contributed by atoms with van der Waals surface area (Å²) in [6.45, 7) is 3.76. The molecule has 3 rings (SSSR count). The molecule has 0 aliphatic rings. The zero-order chi connectivity index (χ0) is 26.2. The summed E-state index contributed by atoms with van der Waals surface area (Å²) in [6, 6.07) is 17.0. The number of amides is 1. The van der Waals surface area contributed by atoms with Crippen molar-refractivity contribution in [3.8, 4) is 29.1 Å². The average molecular weight is 487 g/mol. The Morgan fingerprint density at radius 1 is 0.833 bits per heavy atom. The molecule has 8 nitrogen and oxygen atoms in total. The van der Waals surface area contributed by atoms with Gasteiger partial charge in [-0.3, -0.25) is 4.79 Å². The van der Waals surface area contributed by atoms with Crippen molar-refractivity contribution < 1.29 is 28.5 Å². The average Bonchev–Trinajstić information content (AvgIpc) is 2.89. The van der Waals surface area contributed by atoms with Crippen molar-refractivity contribution in [1.29, 1.82) is 5.26 Å². The Bertz CT molecular complexity index is 1350. The van der Waals surface area contributed by atoms with Gasteiger partial charge in [-0.25, -0.2) is 4.79 Å². The van der Waals surface area contributed by atoms with Gasteiger partial charge in [-0.1, -0.05) is 24.3 Å². The number of nitriles is 1. The van der Waals surface area contributed by atoms with E-state index < -0.39 is 11.9 Å². The SMILES string of the molecule is COc1ccc(C(=O)Oc2ccc(/C=C(\C#N)C(=O)Nc3c(C)cccc3C)cc2OC)cc1OC. The van der Waals surface area contributed by atoms with E-state index in [0.29, 0.717) is 22.7 Å². The van der Waals surface area contributed by atoms with Crippen LogP contribution < -0.4 is 24.3 Å². The maximum Gasteiger partial charge on any atom is 0.343 e. The molecular weight excluding hydrogens is 460 g/mol. The van der Waals surface area contributed by atoms with Crippen LogP contribution in [0.5, 0.6) is 23.0 Å². The second-order valence-corrected chi connectivity index (χ2v) is 7.76. The number of hydrogen-bond donors (Lipinski definition) is 1. The number of benzene rings is 3. The number of nitrogens with one attached hydrogen (secondary N) is 1. The number of methoxy groups -OCH3 is 3. The number of rotatable bonds is 8. The van der Waals surface area contributed by atoms with Gasteiger partial charge in [0.2, 0.25) is 0 Å². The van der Waals surface area contributed by atoms with Crippen LogP contribution in [-0.2, 0) is 4.79 Å². The Balaban J connectivity index is 1.83. The second-order valence-electron chi connectivity index (χ2n) is 7.76. The standard InChI is InChI=1S/C28H26N2O6/c1-17-7-6-8-18(2)26(17)30-27(31)21(16-29)13-19-9-11-23(24(14-19)34-4)36-28(32)20-10-12-22(33-3)25(15-20)35-5/h6-15H,1-5H3,(H,30,31)/b21-13+. The molecule has 0 heterocycles. The topological polar surface area (TPSA) is 107 Å². The van der Waals surface area contributed by atoms with E-state index >= 15 is 0 Å². The molecule has 3 aromatic rings. The number of para-hydroxylation sites is 1. The molecule has 0 saturated heterocycles. The van der Waals surface area contributed by atoms with Crippen LogP contribution in [0.4, 0.5) is 5.69 Å². The first-order valence-electron chi connectivity index (χ1n) is 10.9. The molecule has 0 spiro atoms. The normalized spacial score (nSPS) is 10.7. The van der Waals surface area contributed by atoms with Gasteiger partial charge in [0.25, 0.3) is 5.91 Å². The fourth-order valence-electron chi connectivity index (χ4n) is 3.49. The maximum atomic E-state index is 12.8. The van der Waals surface area contributed by atoms with Crippen molar-refractivity contribution in [3.63, 3.8) is 0 Å². The van der Waals surface area contributed by atoms with Crippen molar-refractivity contribution >= 4 is 23.6 Å². The van der Waals surface area contributed by atoms with Crippen molar-refractivity contribution in [2.45, 2.75) is 13.8 Å². The van der Waals surface area contributed by atoms with E-state index in [1.54, 1.807) is 24.3 Å². The van der Waals surface area contributed by atoms with Gasteiger partial charge in [-0.15, -0.1) is 0 Å². The summed E-state index contributed by atoms with van der Waals surface area (Å²) in [7, 11) is 4.40. The third-order valence-electron chi connectivity index (χ3n) is 5.41. The van der Waals surface area contributed by atoms with Gasteiger partial charge in [-0.2, -0.15) is 5.26 Å². The number of aryl methyl sites for hydroxylation is 2. The zero-order valence-corrected chi connectivity index (χ0v) is 20.7. The van der Waals surface area contributed by atoms with E-state index in [9.17, 15) is 14.9 Å². The van der Waals surface area contributed by atoms with Crippen molar-refractivity contribution in [2.75, 3.05) is 26.6 Å². The maximum absolute atomic E-state index is 12.8. The van der Waals surface area contributed by atoms with E-state index in [0.717, 1.165) is 11.1 Å². The lowest BCUT2D eigenvalue weighted by Gasteiger charge is -2.12. The lowest BCUT2D eigenvalue weighted by atomic mass is 10.1. The molecule has 3 aromatic carbocycles. The number of nitrogens with zero attached hydrogens (tertiary/aromatic N) is 1. The molecule has 0 bridgehead atoms. The Morgan fingerprint density at radius 2 is 1.44 bits per heavy atom. The Morgan fingerprint density at radius 3 is 2.06 bits per heavy atom. The monoisotopic (exact) mass is 486 g/mol. The number of ether oxygens (including phenoxy) is 4. The van der Waals surface area contributed by atoms with Crippen molar-refractivity contribution in [3.05, 3.63) is 82.4 Å². The van der Waals surface area contributed by atoms with Crippen molar-refractivity contribution in [1.82, 2.24) is 0 Å². The number of anilines is 1. The highest BCUT2D eigenvalue weighted by Gasteiger charge is 2.17. The first kappa shape index (κ1) is 25.8. The van der Waals surface area contributed by atoms with Crippen LogP contribution in [-0.4, -0.2) is 33.2 Å². The van der Waals surface area contributed by atoms with Gasteiger partial charge in [-0.05, 0) is 66.9 Å². The first-order valence-corrected chi connectivity index (χ1v) is 10.9. The van der Waals surface area contributed by atoms with Crippen LogP contribution in [0.1, 0.15) is 27.0 Å². The molecule has 0 saturated carbocycles. The van der Waals surface area contributed by atoms with E-state index in [2.05, 4.69) is 5.32 Å². The van der Waals surface area contributed by atoms with Gasteiger partial charge >= 0.3 is 5.97 Å².